The van der Waals surface area contributed by atoms with Crippen molar-refractivity contribution >= 4 is 21.6 Å². The maximum absolute atomic E-state index is 12.3. The average molecular weight is 344 g/mol. The molecule has 0 radical (unpaired) electrons. The molecule has 7 nitrogen and oxygen atoms in total. The number of carbonyl (C=O) groups is 1. The molecule has 0 bridgehead atoms. The number of rotatable bonds is 8. The second-order valence-electron chi connectivity index (χ2n) is 5.64. The van der Waals surface area contributed by atoms with Gasteiger partial charge in [-0.05, 0) is 37.6 Å². The maximum Gasteiger partial charge on any atom is 0.240 e. The van der Waals surface area contributed by atoms with Crippen molar-refractivity contribution in [1.29, 1.82) is 0 Å². The van der Waals surface area contributed by atoms with Gasteiger partial charge in [-0.1, -0.05) is 6.92 Å². The second kappa shape index (κ2) is 7.87. The van der Waals surface area contributed by atoms with Crippen LogP contribution in [0.3, 0.4) is 0 Å². The predicted molar refractivity (Wildman–Crippen MR) is 87.8 cm³/mol. The Hall–Kier alpha value is -1.48. The van der Waals surface area contributed by atoms with Crippen molar-refractivity contribution in [3.8, 4) is 0 Å². The van der Waals surface area contributed by atoms with Gasteiger partial charge in [0.05, 0.1) is 17.1 Å². The lowest BCUT2D eigenvalue weighted by Gasteiger charge is -2.22. The SMILES string of the molecule is CCC(=O)Nc1ccc(S(=O)(=O)NCC(C)(O)COC)c(C)c1. The Balaban J connectivity index is 2.90. The van der Waals surface area contributed by atoms with Gasteiger partial charge in [0.25, 0.3) is 0 Å². The number of sulfonamides is 1. The van der Waals surface area contributed by atoms with E-state index in [-0.39, 0.29) is 24.0 Å². The van der Waals surface area contributed by atoms with Crippen molar-refractivity contribution in [2.24, 2.45) is 0 Å². The number of aliphatic hydroxyl groups is 1. The molecule has 0 saturated carbocycles. The Morgan fingerprint density at radius 3 is 2.57 bits per heavy atom. The first-order chi connectivity index (χ1) is 10.6. The monoisotopic (exact) mass is 344 g/mol. The summed E-state index contributed by atoms with van der Waals surface area (Å²) < 4.78 is 31.9. The van der Waals surface area contributed by atoms with Crippen LogP contribution < -0.4 is 10.0 Å². The molecule has 1 aromatic rings. The largest absolute Gasteiger partial charge is 0.386 e. The molecular formula is C15H24N2O5S. The molecule has 1 aromatic carbocycles. The molecule has 23 heavy (non-hydrogen) atoms. The lowest BCUT2D eigenvalue weighted by molar-refractivity contribution is -0.115. The van der Waals surface area contributed by atoms with Crippen molar-refractivity contribution in [1.82, 2.24) is 4.72 Å². The van der Waals surface area contributed by atoms with E-state index in [4.69, 9.17) is 4.74 Å². The maximum atomic E-state index is 12.3. The molecule has 8 heteroatoms. The zero-order chi connectivity index (χ0) is 17.7. The zero-order valence-corrected chi connectivity index (χ0v) is 14.7. The Bertz CT molecular complexity index is 656. The molecule has 1 amide bonds. The molecule has 1 atom stereocenters. The fourth-order valence-electron chi connectivity index (χ4n) is 1.97. The minimum atomic E-state index is -3.77. The molecule has 3 N–H and O–H groups in total. The highest BCUT2D eigenvalue weighted by atomic mass is 32.2. The summed E-state index contributed by atoms with van der Waals surface area (Å²) >= 11 is 0. The van der Waals surface area contributed by atoms with Gasteiger partial charge in [0.2, 0.25) is 15.9 Å². The lowest BCUT2D eigenvalue weighted by atomic mass is 10.1. The third-order valence-corrected chi connectivity index (χ3v) is 4.73. The number of benzene rings is 1. The van der Waals surface area contributed by atoms with E-state index in [1.165, 1.54) is 26.2 Å². The van der Waals surface area contributed by atoms with Crippen LogP contribution in [0.2, 0.25) is 0 Å². The van der Waals surface area contributed by atoms with Gasteiger partial charge in [-0.25, -0.2) is 13.1 Å². The highest BCUT2D eigenvalue weighted by Crippen LogP contribution is 2.20. The highest BCUT2D eigenvalue weighted by Gasteiger charge is 2.25. The van der Waals surface area contributed by atoms with Crippen LogP contribution >= 0.6 is 0 Å². The van der Waals surface area contributed by atoms with Crippen LogP contribution in [0.5, 0.6) is 0 Å². The normalized spacial score (nSPS) is 14.3. The molecule has 1 unspecified atom stereocenters. The first kappa shape index (κ1) is 19.6. The first-order valence-electron chi connectivity index (χ1n) is 7.23. The first-order valence-corrected chi connectivity index (χ1v) is 8.71. The van der Waals surface area contributed by atoms with Crippen molar-refractivity contribution in [2.45, 2.75) is 37.7 Å². The third-order valence-electron chi connectivity index (χ3n) is 3.17. The summed E-state index contributed by atoms with van der Waals surface area (Å²) in [6.45, 7) is 4.70. The number of hydrogen-bond acceptors (Lipinski definition) is 5. The van der Waals surface area contributed by atoms with Crippen LogP contribution in [-0.4, -0.2) is 45.3 Å². The summed E-state index contributed by atoms with van der Waals surface area (Å²) in [4.78, 5) is 11.5. The van der Waals surface area contributed by atoms with Gasteiger partial charge in [0, 0.05) is 25.8 Å². The topological polar surface area (TPSA) is 105 Å². The van der Waals surface area contributed by atoms with Crippen LogP contribution in [0, 0.1) is 6.92 Å². The number of carbonyl (C=O) groups excluding carboxylic acids is 1. The molecule has 0 heterocycles. The number of aryl methyl sites for hydroxylation is 1. The van der Waals surface area contributed by atoms with E-state index < -0.39 is 15.6 Å². The van der Waals surface area contributed by atoms with Crippen molar-refractivity contribution in [2.75, 3.05) is 25.6 Å². The number of anilines is 1. The smallest absolute Gasteiger partial charge is 0.240 e. The standard InChI is InChI=1S/C15H24N2O5S/c1-5-14(18)17-12-6-7-13(11(2)8-12)23(20,21)16-9-15(3,19)10-22-4/h6-8,16,19H,5,9-10H2,1-4H3,(H,17,18). The van der Waals surface area contributed by atoms with Crippen molar-refractivity contribution in [3.63, 3.8) is 0 Å². The quantitative estimate of drug-likeness (QED) is 0.653. The van der Waals surface area contributed by atoms with E-state index in [0.717, 1.165) is 0 Å². The average Bonchev–Trinajstić information content (AvgIpc) is 2.45. The Kier molecular flexibility index (Phi) is 6.69. The fourth-order valence-corrected chi connectivity index (χ4v) is 3.35. The Labute approximate surface area is 137 Å². The van der Waals surface area contributed by atoms with E-state index in [9.17, 15) is 18.3 Å². The van der Waals surface area contributed by atoms with Gasteiger partial charge >= 0.3 is 0 Å². The van der Waals surface area contributed by atoms with E-state index in [1.54, 1.807) is 19.9 Å². The van der Waals surface area contributed by atoms with Crippen LogP contribution in [-0.2, 0) is 19.6 Å². The second-order valence-corrected chi connectivity index (χ2v) is 7.37. The van der Waals surface area contributed by atoms with Gasteiger partial charge in [-0.3, -0.25) is 4.79 Å². The van der Waals surface area contributed by atoms with Gasteiger partial charge in [0.15, 0.2) is 0 Å². The molecule has 130 valence electrons. The van der Waals surface area contributed by atoms with Crippen LogP contribution in [0.15, 0.2) is 23.1 Å². The van der Waals surface area contributed by atoms with E-state index >= 15 is 0 Å². The number of nitrogens with one attached hydrogen (secondary N) is 2. The van der Waals surface area contributed by atoms with Gasteiger partial charge in [-0.15, -0.1) is 0 Å². The van der Waals surface area contributed by atoms with Crippen LogP contribution in [0.25, 0.3) is 0 Å². The number of amides is 1. The molecular weight excluding hydrogens is 320 g/mol. The summed E-state index contributed by atoms with van der Waals surface area (Å²) in [5, 5.41) is 12.6. The molecule has 0 aliphatic rings. The number of methoxy groups -OCH3 is 1. The fraction of sp³-hybridized carbons (Fsp3) is 0.533. The minimum Gasteiger partial charge on any atom is -0.386 e. The minimum absolute atomic E-state index is 0.0104. The molecule has 1 rings (SSSR count). The van der Waals surface area contributed by atoms with Crippen LogP contribution in [0.4, 0.5) is 5.69 Å². The zero-order valence-electron chi connectivity index (χ0n) is 13.8. The van der Waals surface area contributed by atoms with E-state index in [0.29, 0.717) is 17.7 Å². The molecule has 0 spiro atoms. The molecule has 0 saturated heterocycles. The predicted octanol–water partition coefficient (Wildman–Crippen LogP) is 1.02. The molecule has 0 aliphatic carbocycles. The van der Waals surface area contributed by atoms with Crippen molar-refractivity contribution in [3.05, 3.63) is 23.8 Å². The van der Waals surface area contributed by atoms with Gasteiger partial charge in [0.1, 0.15) is 0 Å². The summed E-state index contributed by atoms with van der Waals surface area (Å²) in [5.41, 5.74) is -0.262. The van der Waals surface area contributed by atoms with E-state index in [1.807, 2.05) is 0 Å². The number of ether oxygens (including phenoxy) is 1. The lowest BCUT2D eigenvalue weighted by Crippen LogP contribution is -2.43. The van der Waals surface area contributed by atoms with E-state index in [2.05, 4.69) is 10.0 Å². The summed E-state index contributed by atoms with van der Waals surface area (Å²) in [7, 11) is -2.34. The van der Waals surface area contributed by atoms with Gasteiger partial charge < -0.3 is 15.2 Å². The summed E-state index contributed by atoms with van der Waals surface area (Å²) in [6, 6.07) is 4.55. The van der Waals surface area contributed by atoms with Crippen molar-refractivity contribution < 1.29 is 23.1 Å². The Morgan fingerprint density at radius 2 is 2.04 bits per heavy atom. The number of hydrogen-bond donors (Lipinski definition) is 3. The summed E-state index contributed by atoms with van der Waals surface area (Å²) in [5.74, 6) is -0.145. The molecule has 0 aliphatic heterocycles. The third kappa shape index (κ3) is 5.91. The highest BCUT2D eigenvalue weighted by molar-refractivity contribution is 7.89. The molecule has 0 fully saturated rings. The van der Waals surface area contributed by atoms with Crippen LogP contribution in [0.1, 0.15) is 25.8 Å². The summed E-state index contributed by atoms with van der Waals surface area (Å²) in [6.07, 6.45) is 0.342. The van der Waals surface area contributed by atoms with Gasteiger partial charge in [-0.2, -0.15) is 0 Å². The molecule has 0 aromatic heterocycles. The Morgan fingerprint density at radius 1 is 1.39 bits per heavy atom.